The monoisotopic (exact) mass is 391 g/mol. The Kier molecular flexibility index (Phi) is 7.08. The first-order valence-corrected chi connectivity index (χ1v) is 9.75. The van der Waals surface area contributed by atoms with E-state index in [1.807, 2.05) is 12.3 Å². The van der Waals surface area contributed by atoms with Crippen molar-refractivity contribution in [2.45, 2.75) is 17.5 Å². The SMILES string of the molecule is CSCc1nnc(SCC(=O)N(C)Cc2ccc(Cl)c(Cl)c2)o1. The number of hydrogen-bond acceptors (Lipinski definition) is 6. The van der Waals surface area contributed by atoms with Crippen LogP contribution in [0.3, 0.4) is 0 Å². The van der Waals surface area contributed by atoms with Crippen molar-refractivity contribution < 1.29 is 9.21 Å². The van der Waals surface area contributed by atoms with E-state index < -0.39 is 0 Å². The molecule has 0 saturated heterocycles. The topological polar surface area (TPSA) is 59.2 Å². The second-order valence-corrected chi connectivity index (χ2v) is 7.29. The molecule has 23 heavy (non-hydrogen) atoms. The van der Waals surface area contributed by atoms with Crippen molar-refractivity contribution in [2.24, 2.45) is 0 Å². The largest absolute Gasteiger partial charge is 0.415 e. The van der Waals surface area contributed by atoms with E-state index in [-0.39, 0.29) is 11.7 Å². The summed E-state index contributed by atoms with van der Waals surface area (Å²) in [6.07, 6.45) is 1.96. The molecule has 9 heteroatoms. The van der Waals surface area contributed by atoms with Crippen molar-refractivity contribution in [3.05, 3.63) is 39.7 Å². The summed E-state index contributed by atoms with van der Waals surface area (Å²) in [6, 6.07) is 5.32. The summed E-state index contributed by atoms with van der Waals surface area (Å²) in [5.74, 6) is 1.43. The van der Waals surface area contributed by atoms with Crippen LogP contribution in [0.2, 0.25) is 10.0 Å². The van der Waals surface area contributed by atoms with Crippen LogP contribution in [-0.2, 0) is 17.1 Å². The van der Waals surface area contributed by atoms with Crippen LogP contribution in [0, 0.1) is 0 Å². The number of benzene rings is 1. The van der Waals surface area contributed by atoms with E-state index in [1.54, 1.807) is 35.8 Å². The Morgan fingerprint density at radius 1 is 1.30 bits per heavy atom. The average molecular weight is 392 g/mol. The van der Waals surface area contributed by atoms with Gasteiger partial charge in [-0.3, -0.25) is 4.79 Å². The summed E-state index contributed by atoms with van der Waals surface area (Å²) in [5.41, 5.74) is 0.917. The second-order valence-electron chi connectivity index (χ2n) is 4.68. The molecule has 0 saturated carbocycles. The molecule has 2 rings (SSSR count). The van der Waals surface area contributed by atoms with Gasteiger partial charge < -0.3 is 9.32 Å². The smallest absolute Gasteiger partial charge is 0.277 e. The van der Waals surface area contributed by atoms with Gasteiger partial charge in [0.1, 0.15) is 0 Å². The number of aromatic nitrogens is 2. The maximum atomic E-state index is 12.2. The van der Waals surface area contributed by atoms with Gasteiger partial charge in [-0.05, 0) is 24.0 Å². The van der Waals surface area contributed by atoms with E-state index in [9.17, 15) is 4.79 Å². The highest BCUT2D eigenvalue weighted by atomic mass is 35.5. The minimum Gasteiger partial charge on any atom is -0.415 e. The quantitative estimate of drug-likeness (QED) is 0.664. The number of carbonyl (C=O) groups is 1. The van der Waals surface area contributed by atoms with Crippen molar-refractivity contribution >= 4 is 52.6 Å². The number of thioether (sulfide) groups is 2. The molecule has 1 amide bonds. The van der Waals surface area contributed by atoms with Gasteiger partial charge in [-0.1, -0.05) is 41.0 Å². The van der Waals surface area contributed by atoms with Gasteiger partial charge >= 0.3 is 0 Å². The normalized spacial score (nSPS) is 10.8. The summed E-state index contributed by atoms with van der Waals surface area (Å²) in [5, 5.41) is 9.19. The molecular formula is C14H15Cl2N3O2S2. The number of carbonyl (C=O) groups excluding carboxylic acids is 1. The number of nitrogens with zero attached hydrogens (tertiary/aromatic N) is 3. The molecule has 0 N–H and O–H groups in total. The number of rotatable bonds is 7. The third-order valence-corrected chi connectivity index (χ3v) is 4.94. The molecule has 5 nitrogen and oxygen atoms in total. The van der Waals surface area contributed by atoms with Crippen molar-refractivity contribution in [2.75, 3.05) is 19.1 Å². The Hall–Kier alpha value is -0.890. The molecule has 0 radical (unpaired) electrons. The van der Waals surface area contributed by atoms with E-state index in [0.717, 1.165) is 5.56 Å². The van der Waals surface area contributed by atoms with E-state index >= 15 is 0 Å². The second kappa shape index (κ2) is 8.82. The van der Waals surface area contributed by atoms with Gasteiger partial charge in [-0.2, -0.15) is 11.8 Å². The molecule has 1 heterocycles. The molecule has 0 aliphatic heterocycles. The maximum absolute atomic E-state index is 12.2. The molecule has 0 aliphatic carbocycles. The zero-order chi connectivity index (χ0) is 16.8. The first-order chi connectivity index (χ1) is 11.0. The van der Waals surface area contributed by atoms with Gasteiger partial charge in [0.25, 0.3) is 5.22 Å². The fraction of sp³-hybridized carbons (Fsp3) is 0.357. The van der Waals surface area contributed by atoms with Crippen LogP contribution in [0.25, 0.3) is 0 Å². The van der Waals surface area contributed by atoms with Crippen LogP contribution < -0.4 is 0 Å². The lowest BCUT2D eigenvalue weighted by molar-refractivity contribution is -0.127. The Labute approximate surface area is 153 Å². The average Bonchev–Trinajstić information content (AvgIpc) is 2.96. The lowest BCUT2D eigenvalue weighted by Gasteiger charge is -2.17. The molecule has 0 unspecified atom stereocenters. The zero-order valence-corrected chi connectivity index (χ0v) is 15.7. The minimum atomic E-state index is -0.0364. The Morgan fingerprint density at radius 2 is 2.09 bits per heavy atom. The van der Waals surface area contributed by atoms with Gasteiger partial charge in [0.05, 0.1) is 21.6 Å². The van der Waals surface area contributed by atoms with Crippen molar-refractivity contribution in [1.29, 1.82) is 0 Å². The van der Waals surface area contributed by atoms with Gasteiger partial charge in [0.2, 0.25) is 11.8 Å². The van der Waals surface area contributed by atoms with E-state index in [0.29, 0.717) is 33.5 Å². The first kappa shape index (κ1) is 18.4. The summed E-state index contributed by atoms with van der Waals surface area (Å²) in [7, 11) is 1.73. The lowest BCUT2D eigenvalue weighted by atomic mass is 10.2. The number of hydrogen-bond donors (Lipinski definition) is 0. The number of halogens is 2. The number of amides is 1. The molecular weight excluding hydrogens is 377 g/mol. The highest BCUT2D eigenvalue weighted by Crippen LogP contribution is 2.23. The molecule has 0 spiro atoms. The van der Waals surface area contributed by atoms with Crippen LogP contribution in [0.5, 0.6) is 0 Å². The highest BCUT2D eigenvalue weighted by molar-refractivity contribution is 7.99. The van der Waals surface area contributed by atoms with Gasteiger partial charge in [0.15, 0.2) is 0 Å². The van der Waals surface area contributed by atoms with Crippen LogP contribution >= 0.6 is 46.7 Å². The van der Waals surface area contributed by atoms with Crippen LogP contribution in [0.4, 0.5) is 0 Å². The summed E-state index contributed by atoms with van der Waals surface area (Å²) in [4.78, 5) is 13.8. The van der Waals surface area contributed by atoms with E-state index in [4.69, 9.17) is 27.6 Å². The van der Waals surface area contributed by atoms with Crippen molar-refractivity contribution in [3.8, 4) is 0 Å². The lowest BCUT2D eigenvalue weighted by Crippen LogP contribution is -2.27. The van der Waals surface area contributed by atoms with Gasteiger partial charge in [-0.15, -0.1) is 10.2 Å². The Morgan fingerprint density at radius 3 is 2.78 bits per heavy atom. The highest BCUT2D eigenvalue weighted by Gasteiger charge is 2.13. The van der Waals surface area contributed by atoms with Crippen LogP contribution in [-0.4, -0.2) is 40.1 Å². The Bertz CT molecular complexity index is 682. The van der Waals surface area contributed by atoms with E-state index in [2.05, 4.69) is 10.2 Å². The molecule has 0 fully saturated rings. The van der Waals surface area contributed by atoms with E-state index in [1.165, 1.54) is 11.8 Å². The Balaban J connectivity index is 1.85. The minimum absolute atomic E-state index is 0.0364. The summed E-state index contributed by atoms with van der Waals surface area (Å²) in [6.45, 7) is 0.456. The molecule has 2 aromatic rings. The molecule has 124 valence electrons. The third-order valence-electron chi connectivity index (χ3n) is 2.86. The molecule has 1 aromatic heterocycles. The van der Waals surface area contributed by atoms with Crippen molar-refractivity contribution in [3.63, 3.8) is 0 Å². The van der Waals surface area contributed by atoms with Crippen LogP contribution in [0.1, 0.15) is 11.5 Å². The fourth-order valence-corrected chi connectivity index (χ4v) is 3.12. The molecule has 1 aromatic carbocycles. The zero-order valence-electron chi connectivity index (χ0n) is 12.6. The first-order valence-electron chi connectivity index (χ1n) is 6.61. The molecule has 0 atom stereocenters. The predicted molar refractivity (Wildman–Crippen MR) is 95.2 cm³/mol. The third kappa shape index (κ3) is 5.60. The fourth-order valence-electron chi connectivity index (χ4n) is 1.71. The molecule has 0 aliphatic rings. The van der Waals surface area contributed by atoms with Gasteiger partial charge in [-0.25, -0.2) is 0 Å². The van der Waals surface area contributed by atoms with Crippen LogP contribution in [0.15, 0.2) is 27.8 Å². The van der Waals surface area contributed by atoms with Crippen molar-refractivity contribution in [1.82, 2.24) is 15.1 Å². The summed E-state index contributed by atoms with van der Waals surface area (Å²) < 4.78 is 5.42. The molecule has 0 bridgehead atoms. The maximum Gasteiger partial charge on any atom is 0.277 e. The summed E-state index contributed by atoms with van der Waals surface area (Å²) >= 11 is 14.7. The van der Waals surface area contributed by atoms with Gasteiger partial charge in [0, 0.05) is 13.6 Å². The predicted octanol–water partition coefficient (Wildman–Crippen LogP) is 3.99. The standard InChI is InChI=1S/C14H15Cl2N3O2S2/c1-19(6-9-3-4-10(15)11(16)5-9)13(20)8-23-14-18-17-12(21-14)7-22-2/h3-5H,6-8H2,1-2H3.